The van der Waals surface area contributed by atoms with Crippen molar-refractivity contribution >= 4 is 23.2 Å². The van der Waals surface area contributed by atoms with Gasteiger partial charge in [0.1, 0.15) is 0 Å². The van der Waals surface area contributed by atoms with Crippen LogP contribution in [0.15, 0.2) is 42.5 Å². The maximum Gasteiger partial charge on any atom is 0.256 e. The highest BCUT2D eigenvalue weighted by molar-refractivity contribution is 6.34. The molecule has 2 aromatic rings. The predicted molar refractivity (Wildman–Crippen MR) is 92.8 cm³/mol. The van der Waals surface area contributed by atoms with Gasteiger partial charge in [-0.05, 0) is 41.7 Å². The van der Waals surface area contributed by atoms with Crippen LogP contribution in [-0.4, -0.2) is 5.91 Å². The van der Waals surface area contributed by atoms with Crippen molar-refractivity contribution in [2.24, 2.45) is 0 Å². The number of aryl methyl sites for hydroxylation is 1. The Balaban J connectivity index is 1.99. The summed E-state index contributed by atoms with van der Waals surface area (Å²) in [5, 5.41) is 2.92. The molecule has 1 N–H and O–H groups in total. The number of rotatable bonds is 1. The van der Waals surface area contributed by atoms with Gasteiger partial charge in [0.2, 0.25) is 0 Å². The second kappa shape index (κ2) is 5.13. The van der Waals surface area contributed by atoms with Gasteiger partial charge in [0.05, 0.1) is 0 Å². The molecular formula is C20H21NO. The fourth-order valence-corrected chi connectivity index (χ4v) is 2.69. The van der Waals surface area contributed by atoms with Crippen LogP contribution < -0.4 is 5.32 Å². The molecular weight excluding hydrogens is 270 g/mol. The molecule has 0 saturated heterocycles. The van der Waals surface area contributed by atoms with Crippen LogP contribution in [0.2, 0.25) is 0 Å². The molecule has 2 nitrogen and oxygen atoms in total. The number of fused-ring (bicyclic) bond motifs is 1. The Kier molecular flexibility index (Phi) is 3.40. The second-order valence-electron chi connectivity index (χ2n) is 6.93. The summed E-state index contributed by atoms with van der Waals surface area (Å²) in [7, 11) is 0. The molecule has 0 radical (unpaired) electrons. The van der Waals surface area contributed by atoms with Crippen molar-refractivity contribution in [3.8, 4) is 0 Å². The van der Waals surface area contributed by atoms with Crippen LogP contribution in [0.4, 0.5) is 5.69 Å². The van der Waals surface area contributed by atoms with Crippen molar-refractivity contribution in [2.45, 2.75) is 33.1 Å². The second-order valence-corrected chi connectivity index (χ2v) is 6.93. The van der Waals surface area contributed by atoms with E-state index in [9.17, 15) is 4.79 Å². The lowest BCUT2D eigenvalue weighted by atomic mass is 9.86. The van der Waals surface area contributed by atoms with Crippen molar-refractivity contribution in [3.05, 3.63) is 64.7 Å². The zero-order valence-corrected chi connectivity index (χ0v) is 13.5. The van der Waals surface area contributed by atoms with Crippen molar-refractivity contribution in [3.63, 3.8) is 0 Å². The molecule has 1 heterocycles. The normalized spacial score (nSPS) is 15.8. The molecule has 0 atom stereocenters. The number of benzene rings is 2. The summed E-state index contributed by atoms with van der Waals surface area (Å²) in [5.74, 6) is -0.0273. The van der Waals surface area contributed by atoms with Gasteiger partial charge in [-0.3, -0.25) is 4.79 Å². The molecule has 0 fully saturated rings. The first-order chi connectivity index (χ1) is 10.3. The minimum absolute atomic E-state index is 0.0273. The number of carbonyl (C=O) groups excluding carboxylic acids is 1. The Labute approximate surface area is 131 Å². The molecule has 1 aliphatic heterocycles. The number of anilines is 1. The molecule has 0 unspecified atom stereocenters. The highest BCUT2D eigenvalue weighted by atomic mass is 16.2. The number of hydrogen-bond donors (Lipinski definition) is 1. The Morgan fingerprint density at radius 1 is 1.00 bits per heavy atom. The van der Waals surface area contributed by atoms with Crippen LogP contribution in [-0.2, 0) is 10.2 Å². The van der Waals surface area contributed by atoms with E-state index in [1.807, 2.05) is 25.1 Å². The average Bonchev–Trinajstić information content (AvgIpc) is 2.75. The Morgan fingerprint density at radius 2 is 1.68 bits per heavy atom. The Hall–Kier alpha value is -2.35. The zero-order valence-electron chi connectivity index (χ0n) is 13.5. The van der Waals surface area contributed by atoms with Gasteiger partial charge in [-0.15, -0.1) is 0 Å². The smallest absolute Gasteiger partial charge is 0.256 e. The molecule has 1 aliphatic rings. The molecule has 2 heteroatoms. The van der Waals surface area contributed by atoms with Gasteiger partial charge in [-0.25, -0.2) is 0 Å². The topological polar surface area (TPSA) is 29.1 Å². The fraction of sp³-hybridized carbons (Fsp3) is 0.250. The van der Waals surface area contributed by atoms with Gasteiger partial charge in [0.15, 0.2) is 0 Å². The maximum atomic E-state index is 12.2. The minimum atomic E-state index is -0.0273. The summed E-state index contributed by atoms with van der Waals surface area (Å²) in [5.41, 5.74) is 6.26. The first-order valence-corrected chi connectivity index (χ1v) is 7.59. The van der Waals surface area contributed by atoms with Crippen molar-refractivity contribution < 1.29 is 4.79 Å². The number of hydrogen-bond acceptors (Lipinski definition) is 1. The molecule has 0 bridgehead atoms. The molecule has 0 spiro atoms. The summed E-state index contributed by atoms with van der Waals surface area (Å²) in [4.78, 5) is 12.2. The lowest BCUT2D eigenvalue weighted by Crippen LogP contribution is -2.10. The van der Waals surface area contributed by atoms with E-state index in [1.165, 1.54) is 5.56 Å². The van der Waals surface area contributed by atoms with E-state index in [0.29, 0.717) is 0 Å². The number of nitrogens with one attached hydrogen (secondary N) is 1. The molecule has 1 amide bonds. The fourth-order valence-electron chi connectivity index (χ4n) is 2.69. The van der Waals surface area contributed by atoms with Crippen LogP contribution in [0.3, 0.4) is 0 Å². The lowest BCUT2D eigenvalue weighted by Gasteiger charge is -2.18. The molecule has 0 aromatic heterocycles. The van der Waals surface area contributed by atoms with Crippen LogP contribution in [0.25, 0.3) is 11.6 Å². The number of amides is 1. The van der Waals surface area contributed by atoms with Crippen LogP contribution in [0, 0.1) is 6.92 Å². The molecule has 3 rings (SSSR count). The average molecular weight is 291 g/mol. The SMILES string of the molecule is Cc1ccc2c(c1)C(=Cc1ccc(C(C)(C)C)cc1)C(=O)N2. The maximum absolute atomic E-state index is 12.2. The van der Waals surface area contributed by atoms with Gasteiger partial charge in [0, 0.05) is 16.8 Å². The van der Waals surface area contributed by atoms with E-state index >= 15 is 0 Å². The highest BCUT2D eigenvalue weighted by Crippen LogP contribution is 2.34. The van der Waals surface area contributed by atoms with Crippen molar-refractivity contribution in [2.75, 3.05) is 5.32 Å². The zero-order chi connectivity index (χ0) is 15.9. The molecule has 0 saturated carbocycles. The third kappa shape index (κ3) is 2.69. The van der Waals surface area contributed by atoms with Crippen molar-refractivity contribution in [1.29, 1.82) is 0 Å². The van der Waals surface area contributed by atoms with Crippen LogP contribution >= 0.6 is 0 Å². The van der Waals surface area contributed by atoms with E-state index in [0.717, 1.165) is 28.0 Å². The van der Waals surface area contributed by atoms with E-state index in [2.05, 4.69) is 56.4 Å². The van der Waals surface area contributed by atoms with Gasteiger partial charge in [0.25, 0.3) is 5.91 Å². The summed E-state index contributed by atoms with van der Waals surface area (Å²) in [6.07, 6.45) is 1.97. The molecule has 0 aliphatic carbocycles. The Bertz CT molecular complexity index is 761. The third-order valence-electron chi connectivity index (χ3n) is 4.05. The highest BCUT2D eigenvalue weighted by Gasteiger charge is 2.23. The molecule has 22 heavy (non-hydrogen) atoms. The van der Waals surface area contributed by atoms with Crippen LogP contribution in [0.1, 0.15) is 43.0 Å². The first kappa shape index (κ1) is 14.6. The summed E-state index contributed by atoms with van der Waals surface area (Å²) < 4.78 is 0. The van der Waals surface area contributed by atoms with E-state index in [-0.39, 0.29) is 11.3 Å². The summed E-state index contributed by atoms with van der Waals surface area (Å²) in [6.45, 7) is 8.64. The van der Waals surface area contributed by atoms with Gasteiger partial charge in [-0.2, -0.15) is 0 Å². The monoisotopic (exact) mass is 291 g/mol. The quantitative estimate of drug-likeness (QED) is 0.752. The molecule has 112 valence electrons. The van der Waals surface area contributed by atoms with E-state index < -0.39 is 0 Å². The molecule has 2 aromatic carbocycles. The van der Waals surface area contributed by atoms with E-state index in [4.69, 9.17) is 0 Å². The standard InChI is InChI=1S/C20H21NO/c1-13-5-10-18-16(11-13)17(19(22)21-18)12-14-6-8-15(9-7-14)20(2,3)4/h5-12H,1-4H3,(H,21,22). The largest absolute Gasteiger partial charge is 0.321 e. The predicted octanol–water partition coefficient (Wildman–Crippen LogP) is 4.79. The van der Waals surface area contributed by atoms with Crippen LogP contribution in [0.5, 0.6) is 0 Å². The van der Waals surface area contributed by atoms with Gasteiger partial charge in [-0.1, -0.05) is 56.7 Å². The van der Waals surface area contributed by atoms with Crippen molar-refractivity contribution in [1.82, 2.24) is 0 Å². The summed E-state index contributed by atoms with van der Waals surface area (Å²) in [6, 6.07) is 14.5. The van der Waals surface area contributed by atoms with Gasteiger partial charge >= 0.3 is 0 Å². The minimum Gasteiger partial charge on any atom is -0.321 e. The van der Waals surface area contributed by atoms with E-state index in [1.54, 1.807) is 0 Å². The summed E-state index contributed by atoms with van der Waals surface area (Å²) >= 11 is 0. The van der Waals surface area contributed by atoms with Gasteiger partial charge < -0.3 is 5.32 Å². The number of carbonyl (C=O) groups is 1. The third-order valence-corrected chi connectivity index (χ3v) is 4.05. The first-order valence-electron chi connectivity index (χ1n) is 7.59. The lowest BCUT2D eigenvalue weighted by molar-refractivity contribution is -0.110. The Morgan fingerprint density at radius 3 is 2.32 bits per heavy atom.